The van der Waals surface area contributed by atoms with E-state index in [1.807, 2.05) is 0 Å². The van der Waals surface area contributed by atoms with Gasteiger partial charge in [0.15, 0.2) is 5.44 Å². The zero-order valence-electron chi connectivity index (χ0n) is 8.19. The number of sulfone groups is 1. The molecule has 0 aliphatic carbocycles. The third-order valence-corrected chi connectivity index (χ3v) is 3.75. The van der Waals surface area contributed by atoms with Crippen molar-refractivity contribution < 1.29 is 26.7 Å². The van der Waals surface area contributed by atoms with E-state index in [4.69, 9.17) is 5.11 Å². The first-order valence-corrected chi connectivity index (χ1v) is 5.79. The molecule has 3 nitrogen and oxygen atoms in total. The summed E-state index contributed by atoms with van der Waals surface area (Å²) in [5, 5.41) is 8.96. The number of halogens is 3. The highest BCUT2D eigenvalue weighted by atomic mass is 32.2. The average Bonchev–Trinajstić information content (AvgIpc) is 2.16. The fraction of sp³-hybridized carbons (Fsp3) is 0.333. The van der Waals surface area contributed by atoms with Crippen molar-refractivity contribution in [3.05, 3.63) is 29.8 Å². The van der Waals surface area contributed by atoms with Gasteiger partial charge in [0.25, 0.3) is 0 Å². The molecule has 0 radical (unpaired) electrons. The first-order valence-electron chi connectivity index (χ1n) is 4.25. The van der Waals surface area contributed by atoms with Crippen molar-refractivity contribution in [2.24, 2.45) is 0 Å². The number of alkyl halides is 3. The predicted molar refractivity (Wildman–Crippen MR) is 50.3 cm³/mol. The van der Waals surface area contributed by atoms with Gasteiger partial charge in [-0.1, -0.05) is 6.07 Å². The molecule has 1 aromatic carbocycles. The minimum Gasteiger partial charge on any atom is -0.377 e. The lowest BCUT2D eigenvalue weighted by Crippen LogP contribution is -2.17. The summed E-state index contributed by atoms with van der Waals surface area (Å²) in [5.41, 5.74) is -2.80. The summed E-state index contributed by atoms with van der Waals surface area (Å²) in [6.45, 7) is 0.982. The van der Waals surface area contributed by atoms with Gasteiger partial charge in [-0.3, -0.25) is 0 Å². The van der Waals surface area contributed by atoms with Crippen LogP contribution >= 0.6 is 0 Å². The lowest BCUT2D eigenvalue weighted by molar-refractivity contribution is -0.137. The average molecular weight is 254 g/mol. The van der Waals surface area contributed by atoms with Crippen LogP contribution in [0.25, 0.3) is 0 Å². The zero-order valence-corrected chi connectivity index (χ0v) is 9.01. The summed E-state index contributed by atoms with van der Waals surface area (Å²) >= 11 is 0. The van der Waals surface area contributed by atoms with E-state index in [9.17, 15) is 21.6 Å². The van der Waals surface area contributed by atoms with Crippen LogP contribution < -0.4 is 0 Å². The van der Waals surface area contributed by atoms with Crippen LogP contribution in [-0.4, -0.2) is 19.0 Å². The topological polar surface area (TPSA) is 54.4 Å². The van der Waals surface area contributed by atoms with Gasteiger partial charge in [-0.15, -0.1) is 0 Å². The maximum Gasteiger partial charge on any atom is 0.416 e. The first-order chi connectivity index (χ1) is 7.15. The molecular weight excluding hydrogens is 245 g/mol. The summed E-state index contributed by atoms with van der Waals surface area (Å²) in [4.78, 5) is -0.544. The van der Waals surface area contributed by atoms with Gasteiger partial charge in [0.1, 0.15) is 0 Å². The van der Waals surface area contributed by atoms with Crippen LogP contribution in [-0.2, 0) is 16.0 Å². The van der Waals surface area contributed by atoms with E-state index in [0.717, 1.165) is 25.1 Å². The summed E-state index contributed by atoms with van der Waals surface area (Å²) in [7, 11) is -4.10. The molecule has 1 atom stereocenters. The van der Waals surface area contributed by atoms with Gasteiger partial charge in [-0.05, 0) is 25.1 Å². The molecule has 0 bridgehead atoms. The van der Waals surface area contributed by atoms with E-state index >= 15 is 0 Å². The molecule has 0 aliphatic rings. The second kappa shape index (κ2) is 4.06. The summed E-state index contributed by atoms with van der Waals surface area (Å²) in [6, 6.07) is 3.26. The van der Waals surface area contributed by atoms with Crippen LogP contribution in [0.5, 0.6) is 0 Å². The van der Waals surface area contributed by atoms with Crippen molar-refractivity contribution >= 4 is 9.84 Å². The Bertz CT molecular complexity index is 477. The first kappa shape index (κ1) is 13.0. The molecule has 90 valence electrons. The monoisotopic (exact) mass is 254 g/mol. The number of benzene rings is 1. The van der Waals surface area contributed by atoms with Crippen molar-refractivity contribution in [2.45, 2.75) is 23.4 Å². The van der Waals surface area contributed by atoms with Crippen molar-refractivity contribution in [3.8, 4) is 0 Å². The molecule has 7 heteroatoms. The molecule has 0 aromatic heterocycles. The molecule has 0 saturated carbocycles. The van der Waals surface area contributed by atoms with Crippen molar-refractivity contribution in [1.82, 2.24) is 0 Å². The van der Waals surface area contributed by atoms with Crippen molar-refractivity contribution in [2.75, 3.05) is 0 Å². The largest absolute Gasteiger partial charge is 0.416 e. The highest BCUT2D eigenvalue weighted by molar-refractivity contribution is 7.91. The molecule has 1 N–H and O–H groups in total. The molecule has 1 rings (SSSR count). The number of hydrogen-bond donors (Lipinski definition) is 1. The Labute approximate surface area is 90.4 Å². The van der Waals surface area contributed by atoms with Crippen LogP contribution in [0.1, 0.15) is 12.5 Å². The Morgan fingerprint density at radius 3 is 2.31 bits per heavy atom. The van der Waals surface area contributed by atoms with Crippen molar-refractivity contribution in [3.63, 3.8) is 0 Å². The van der Waals surface area contributed by atoms with Crippen LogP contribution in [0.2, 0.25) is 0 Å². The Kier molecular flexibility index (Phi) is 3.30. The molecule has 0 saturated heterocycles. The van der Waals surface area contributed by atoms with E-state index in [-0.39, 0.29) is 0 Å². The van der Waals surface area contributed by atoms with Crippen molar-refractivity contribution in [1.29, 1.82) is 0 Å². The molecule has 1 unspecified atom stereocenters. The quantitative estimate of drug-likeness (QED) is 0.875. The summed E-state index contributed by atoms with van der Waals surface area (Å²) < 4.78 is 59.7. The fourth-order valence-corrected chi connectivity index (χ4v) is 2.00. The molecule has 16 heavy (non-hydrogen) atoms. The zero-order chi connectivity index (χ0) is 12.6. The fourth-order valence-electron chi connectivity index (χ4n) is 1.05. The molecule has 0 aliphatic heterocycles. The third kappa shape index (κ3) is 2.53. The normalized spacial score (nSPS) is 14.8. The van der Waals surface area contributed by atoms with Crippen LogP contribution in [0, 0.1) is 0 Å². The number of rotatable bonds is 2. The minimum absolute atomic E-state index is 0.502. The van der Waals surface area contributed by atoms with Gasteiger partial charge in [0, 0.05) is 0 Å². The summed E-state index contributed by atoms with van der Waals surface area (Å²) in [6.07, 6.45) is -4.61. The minimum atomic E-state index is -4.61. The molecule has 0 spiro atoms. The predicted octanol–water partition coefficient (Wildman–Crippen LogP) is 1.82. The maximum atomic E-state index is 12.3. The molecular formula is C9H9F3O3S. The van der Waals surface area contributed by atoms with Crippen LogP contribution in [0.15, 0.2) is 29.2 Å². The van der Waals surface area contributed by atoms with Gasteiger partial charge in [-0.2, -0.15) is 13.2 Å². The Morgan fingerprint density at radius 1 is 1.31 bits per heavy atom. The maximum absolute atomic E-state index is 12.3. The second-order valence-corrected chi connectivity index (χ2v) is 5.41. The highest BCUT2D eigenvalue weighted by Crippen LogP contribution is 2.30. The van der Waals surface area contributed by atoms with Gasteiger partial charge in [0.05, 0.1) is 10.5 Å². The van der Waals surface area contributed by atoms with E-state index < -0.39 is 31.9 Å². The SMILES string of the molecule is CC(O)S(=O)(=O)c1cccc(C(F)(F)F)c1. The number of aliphatic hydroxyl groups is 1. The Balaban J connectivity index is 3.30. The molecule has 0 heterocycles. The third-order valence-electron chi connectivity index (χ3n) is 1.94. The van der Waals surface area contributed by atoms with Gasteiger partial charge >= 0.3 is 6.18 Å². The lowest BCUT2D eigenvalue weighted by Gasteiger charge is -2.10. The second-order valence-electron chi connectivity index (χ2n) is 3.17. The Hall–Kier alpha value is -1.08. The molecule has 1 aromatic rings. The Morgan fingerprint density at radius 2 is 1.88 bits per heavy atom. The van der Waals surface area contributed by atoms with Crippen LogP contribution in [0.4, 0.5) is 13.2 Å². The number of hydrogen-bond acceptors (Lipinski definition) is 3. The standard InChI is InChI=1S/C9H9F3O3S/c1-6(13)16(14,15)8-4-2-3-7(5-8)9(10,11)12/h2-6,13H,1H3. The van der Waals surface area contributed by atoms with Gasteiger partial charge in [0.2, 0.25) is 9.84 Å². The summed E-state index contributed by atoms with van der Waals surface area (Å²) in [5.74, 6) is 0. The van der Waals surface area contributed by atoms with E-state index in [1.165, 1.54) is 0 Å². The van der Waals surface area contributed by atoms with Gasteiger partial charge in [-0.25, -0.2) is 8.42 Å². The van der Waals surface area contributed by atoms with Crippen LogP contribution in [0.3, 0.4) is 0 Å². The molecule has 0 amide bonds. The van der Waals surface area contributed by atoms with E-state index in [0.29, 0.717) is 6.07 Å². The lowest BCUT2D eigenvalue weighted by atomic mass is 10.2. The van der Waals surface area contributed by atoms with Gasteiger partial charge < -0.3 is 5.11 Å². The number of aliphatic hydroxyl groups excluding tert-OH is 1. The smallest absolute Gasteiger partial charge is 0.377 e. The van der Waals surface area contributed by atoms with E-state index in [1.54, 1.807) is 0 Å². The highest BCUT2D eigenvalue weighted by Gasteiger charge is 2.32. The molecule has 0 fully saturated rings. The van der Waals surface area contributed by atoms with E-state index in [2.05, 4.69) is 0 Å².